The molecule has 24 heavy (non-hydrogen) atoms. The van der Waals surface area contributed by atoms with E-state index in [0.717, 1.165) is 25.8 Å². The lowest BCUT2D eigenvalue weighted by Crippen LogP contribution is -2.35. The van der Waals surface area contributed by atoms with Crippen molar-refractivity contribution >= 4 is 11.7 Å². The maximum atomic E-state index is 12.2. The van der Waals surface area contributed by atoms with Crippen molar-refractivity contribution in [3.8, 4) is 5.75 Å². The minimum Gasteiger partial charge on any atom is -0.493 e. The van der Waals surface area contributed by atoms with Gasteiger partial charge in [-0.2, -0.15) is 0 Å². The van der Waals surface area contributed by atoms with Gasteiger partial charge >= 0.3 is 0 Å². The van der Waals surface area contributed by atoms with Gasteiger partial charge in [0, 0.05) is 18.7 Å². The van der Waals surface area contributed by atoms with Crippen molar-refractivity contribution in [1.29, 1.82) is 5.41 Å². The fourth-order valence-corrected chi connectivity index (χ4v) is 2.34. The third kappa shape index (κ3) is 7.00. The SMILES string of the molecule is CNCCCC[C@@H](C)N(C)C(=O)CCOc1ccc(C(=N)N)cc1. The summed E-state index contributed by atoms with van der Waals surface area (Å²) < 4.78 is 5.59. The fourth-order valence-electron chi connectivity index (χ4n) is 2.34. The van der Waals surface area contributed by atoms with Crippen LogP contribution in [-0.4, -0.2) is 49.9 Å². The number of rotatable bonds is 11. The summed E-state index contributed by atoms with van der Waals surface area (Å²) in [6.07, 6.45) is 3.60. The highest BCUT2D eigenvalue weighted by molar-refractivity contribution is 5.94. The Morgan fingerprint density at radius 2 is 2.00 bits per heavy atom. The van der Waals surface area contributed by atoms with Crippen LogP contribution in [0.3, 0.4) is 0 Å². The number of benzene rings is 1. The number of nitrogen functional groups attached to an aromatic ring is 1. The van der Waals surface area contributed by atoms with Gasteiger partial charge in [0.1, 0.15) is 11.6 Å². The number of hydrogen-bond donors (Lipinski definition) is 3. The molecule has 0 bridgehead atoms. The predicted molar refractivity (Wildman–Crippen MR) is 97.6 cm³/mol. The molecular weight excluding hydrogens is 304 g/mol. The number of amides is 1. The predicted octanol–water partition coefficient (Wildman–Crippen LogP) is 1.98. The Kier molecular flexibility index (Phi) is 8.86. The fraction of sp³-hybridized carbons (Fsp3) is 0.556. The molecule has 0 aliphatic heterocycles. The summed E-state index contributed by atoms with van der Waals surface area (Å²) in [7, 11) is 3.81. The molecule has 0 aliphatic carbocycles. The van der Waals surface area contributed by atoms with Gasteiger partial charge in [0.15, 0.2) is 0 Å². The van der Waals surface area contributed by atoms with Crippen molar-refractivity contribution in [2.45, 2.75) is 38.6 Å². The average molecular weight is 334 g/mol. The number of carbonyl (C=O) groups excluding carboxylic acids is 1. The van der Waals surface area contributed by atoms with Gasteiger partial charge in [-0.05, 0) is 57.6 Å². The van der Waals surface area contributed by atoms with Crippen LogP contribution in [0.25, 0.3) is 0 Å². The third-order valence-corrected chi connectivity index (χ3v) is 4.10. The Morgan fingerprint density at radius 3 is 2.58 bits per heavy atom. The van der Waals surface area contributed by atoms with Crippen LogP contribution in [0.1, 0.15) is 38.2 Å². The third-order valence-electron chi connectivity index (χ3n) is 4.10. The van der Waals surface area contributed by atoms with E-state index < -0.39 is 0 Å². The number of hydrogen-bond acceptors (Lipinski definition) is 4. The Labute approximate surface area is 144 Å². The molecule has 0 spiro atoms. The lowest BCUT2D eigenvalue weighted by atomic mass is 10.1. The molecule has 0 radical (unpaired) electrons. The average Bonchev–Trinajstić information content (AvgIpc) is 2.58. The number of nitrogens with zero attached hydrogens (tertiary/aromatic N) is 1. The second-order valence-electron chi connectivity index (χ2n) is 5.99. The van der Waals surface area contributed by atoms with Gasteiger partial charge in [0.2, 0.25) is 5.91 Å². The second-order valence-corrected chi connectivity index (χ2v) is 5.99. The molecule has 0 aliphatic rings. The molecule has 0 heterocycles. The zero-order valence-corrected chi connectivity index (χ0v) is 15.0. The minimum absolute atomic E-state index is 0.0297. The zero-order valence-electron chi connectivity index (χ0n) is 15.0. The summed E-state index contributed by atoms with van der Waals surface area (Å²) in [4.78, 5) is 14.0. The monoisotopic (exact) mass is 334 g/mol. The van der Waals surface area contributed by atoms with Gasteiger partial charge in [0.05, 0.1) is 13.0 Å². The summed E-state index contributed by atoms with van der Waals surface area (Å²) in [5, 5.41) is 10.5. The molecule has 1 amide bonds. The van der Waals surface area contributed by atoms with E-state index in [1.165, 1.54) is 0 Å². The molecule has 0 aromatic heterocycles. The second kappa shape index (κ2) is 10.6. The van der Waals surface area contributed by atoms with Crippen molar-refractivity contribution < 1.29 is 9.53 Å². The quantitative estimate of drug-likeness (QED) is 0.328. The summed E-state index contributed by atoms with van der Waals surface area (Å²) >= 11 is 0. The van der Waals surface area contributed by atoms with Crippen molar-refractivity contribution in [2.75, 3.05) is 27.2 Å². The van der Waals surface area contributed by atoms with Crippen molar-refractivity contribution in [2.24, 2.45) is 5.73 Å². The first-order valence-electron chi connectivity index (χ1n) is 8.43. The Hall–Kier alpha value is -2.08. The standard InChI is InChI=1S/C18H30N4O2/c1-14(6-4-5-12-21-2)22(3)17(23)11-13-24-16-9-7-15(8-10-16)18(19)20/h7-10,14,21H,4-6,11-13H2,1-3H3,(H3,19,20)/t14-/m1/s1. The van der Waals surface area contributed by atoms with Gasteiger partial charge in [-0.15, -0.1) is 0 Å². The van der Waals surface area contributed by atoms with E-state index in [4.69, 9.17) is 15.9 Å². The lowest BCUT2D eigenvalue weighted by Gasteiger charge is -2.25. The molecule has 1 rings (SSSR count). The number of nitrogens with one attached hydrogen (secondary N) is 2. The number of carbonyl (C=O) groups is 1. The number of nitrogens with two attached hydrogens (primary N) is 1. The lowest BCUT2D eigenvalue weighted by molar-refractivity contribution is -0.132. The molecule has 6 nitrogen and oxygen atoms in total. The molecule has 1 aromatic rings. The van der Waals surface area contributed by atoms with Crippen LogP contribution in [0.2, 0.25) is 0 Å². The van der Waals surface area contributed by atoms with Crippen molar-refractivity contribution in [1.82, 2.24) is 10.2 Å². The smallest absolute Gasteiger partial charge is 0.225 e. The van der Waals surface area contributed by atoms with Crippen molar-refractivity contribution in [3.63, 3.8) is 0 Å². The molecule has 134 valence electrons. The normalized spacial score (nSPS) is 11.8. The maximum Gasteiger partial charge on any atom is 0.225 e. The van der Waals surface area contributed by atoms with E-state index in [9.17, 15) is 4.79 Å². The minimum atomic E-state index is 0.0297. The number of ether oxygens (including phenoxy) is 1. The van der Waals surface area contributed by atoms with Crippen LogP contribution in [0.4, 0.5) is 0 Å². The molecular formula is C18H30N4O2. The number of amidine groups is 1. The van der Waals surface area contributed by atoms with Crippen LogP contribution in [0.15, 0.2) is 24.3 Å². The van der Waals surface area contributed by atoms with Gasteiger partial charge in [-0.1, -0.05) is 6.42 Å². The van der Waals surface area contributed by atoms with Gasteiger partial charge < -0.3 is 20.7 Å². The summed E-state index contributed by atoms with van der Waals surface area (Å²) in [6.45, 7) is 3.44. The van der Waals surface area contributed by atoms with E-state index in [-0.39, 0.29) is 17.8 Å². The first kappa shape index (κ1) is 20.0. The van der Waals surface area contributed by atoms with E-state index in [1.807, 2.05) is 19.0 Å². The molecule has 0 unspecified atom stereocenters. The van der Waals surface area contributed by atoms with Crippen LogP contribution in [0.5, 0.6) is 5.75 Å². The van der Waals surface area contributed by atoms with Gasteiger partial charge in [-0.3, -0.25) is 10.2 Å². The topological polar surface area (TPSA) is 91.4 Å². The zero-order chi connectivity index (χ0) is 17.9. The summed E-state index contributed by atoms with van der Waals surface area (Å²) in [5.74, 6) is 0.800. The highest BCUT2D eigenvalue weighted by Gasteiger charge is 2.15. The molecule has 6 heteroatoms. The highest BCUT2D eigenvalue weighted by Crippen LogP contribution is 2.13. The van der Waals surface area contributed by atoms with Crippen LogP contribution in [-0.2, 0) is 4.79 Å². The molecule has 0 fully saturated rings. The molecule has 0 saturated heterocycles. The highest BCUT2D eigenvalue weighted by atomic mass is 16.5. The molecule has 4 N–H and O–H groups in total. The van der Waals surface area contributed by atoms with Crippen LogP contribution in [0, 0.1) is 5.41 Å². The van der Waals surface area contributed by atoms with Gasteiger partial charge in [-0.25, -0.2) is 0 Å². The summed E-state index contributed by atoms with van der Waals surface area (Å²) in [5.41, 5.74) is 6.06. The molecule has 1 atom stereocenters. The van der Waals surface area contributed by atoms with E-state index in [1.54, 1.807) is 24.3 Å². The molecule has 1 aromatic carbocycles. The van der Waals surface area contributed by atoms with Crippen molar-refractivity contribution in [3.05, 3.63) is 29.8 Å². The first-order chi connectivity index (χ1) is 11.5. The van der Waals surface area contributed by atoms with Gasteiger partial charge in [0.25, 0.3) is 0 Å². The Bertz CT molecular complexity index is 516. The van der Waals surface area contributed by atoms with E-state index in [0.29, 0.717) is 24.3 Å². The van der Waals surface area contributed by atoms with E-state index in [2.05, 4.69) is 12.2 Å². The summed E-state index contributed by atoms with van der Waals surface area (Å²) in [6, 6.07) is 7.23. The Balaban J connectivity index is 2.30. The number of unbranched alkanes of at least 4 members (excludes halogenated alkanes) is 1. The first-order valence-corrected chi connectivity index (χ1v) is 8.43. The Morgan fingerprint density at radius 1 is 1.33 bits per heavy atom. The van der Waals surface area contributed by atoms with Crippen LogP contribution < -0.4 is 15.8 Å². The molecule has 0 saturated carbocycles. The largest absolute Gasteiger partial charge is 0.493 e. The maximum absolute atomic E-state index is 12.2. The van der Waals surface area contributed by atoms with E-state index >= 15 is 0 Å². The van der Waals surface area contributed by atoms with Crippen LogP contribution >= 0.6 is 0 Å².